The van der Waals surface area contributed by atoms with Gasteiger partial charge in [0.1, 0.15) is 0 Å². The number of hydrogen-bond acceptors (Lipinski definition) is 3. The van der Waals surface area contributed by atoms with E-state index in [1.165, 1.54) is 41.4 Å². The van der Waals surface area contributed by atoms with E-state index in [1.54, 1.807) is 0 Å². The van der Waals surface area contributed by atoms with E-state index in [-0.39, 0.29) is 24.2 Å². The minimum Gasteiger partial charge on any atom is -0.618 e. The number of rotatable bonds is 2. The van der Waals surface area contributed by atoms with Crippen molar-refractivity contribution in [2.24, 2.45) is 0 Å². The molecule has 8 heteroatoms. The Morgan fingerprint density at radius 2 is 2.00 bits per heavy atom. The van der Waals surface area contributed by atoms with Crippen LogP contribution >= 0.6 is 0 Å². The molecule has 1 aromatic carbocycles. The van der Waals surface area contributed by atoms with E-state index in [0.717, 1.165) is 12.1 Å². The van der Waals surface area contributed by atoms with Gasteiger partial charge in [0, 0.05) is 18.7 Å². The van der Waals surface area contributed by atoms with Crippen molar-refractivity contribution in [2.45, 2.75) is 24.7 Å². The number of aliphatic hydroxyl groups excluding tert-OH is 1. The van der Waals surface area contributed by atoms with Crippen LogP contribution in [0.3, 0.4) is 0 Å². The fourth-order valence-corrected chi connectivity index (χ4v) is 3.02. The predicted molar refractivity (Wildman–Crippen MR) is 81.2 cm³/mol. The lowest BCUT2D eigenvalue weighted by molar-refractivity contribution is -0.608. The molecule has 0 saturated carbocycles. The smallest absolute Gasteiger partial charge is 0.416 e. The van der Waals surface area contributed by atoms with Gasteiger partial charge in [0.05, 0.1) is 17.7 Å². The van der Waals surface area contributed by atoms with Crippen LogP contribution in [0.5, 0.6) is 0 Å². The summed E-state index contributed by atoms with van der Waals surface area (Å²) in [5.74, 6) is -0.630. The van der Waals surface area contributed by atoms with Crippen LogP contribution in [-0.4, -0.2) is 28.6 Å². The standard InChI is InChI=1S/C17H15F3N2O3/c18-17(19,20)12-5-3-4-11(8-12)15-9-13(23)10-21(15)16(24)14-6-1-2-7-22(14)25/h1-8,13,15,23H,9-10H2. The summed E-state index contributed by atoms with van der Waals surface area (Å²) < 4.78 is 39.2. The molecule has 1 amide bonds. The highest BCUT2D eigenvalue weighted by Crippen LogP contribution is 2.36. The van der Waals surface area contributed by atoms with Gasteiger partial charge in [-0.15, -0.1) is 0 Å². The van der Waals surface area contributed by atoms with Gasteiger partial charge in [0.15, 0.2) is 6.20 Å². The Bertz CT molecular complexity index is 795. The minimum absolute atomic E-state index is 0.0470. The normalized spacial score (nSPS) is 20.7. The summed E-state index contributed by atoms with van der Waals surface area (Å²) in [6.07, 6.45) is -4.09. The van der Waals surface area contributed by atoms with E-state index in [4.69, 9.17) is 0 Å². The number of pyridine rings is 1. The molecule has 2 atom stereocenters. The Kier molecular flexibility index (Phi) is 4.38. The Morgan fingerprint density at radius 1 is 1.24 bits per heavy atom. The van der Waals surface area contributed by atoms with E-state index < -0.39 is 29.8 Å². The zero-order valence-electron chi connectivity index (χ0n) is 13.0. The first kappa shape index (κ1) is 17.2. The van der Waals surface area contributed by atoms with Gasteiger partial charge in [-0.2, -0.15) is 17.9 Å². The van der Waals surface area contributed by atoms with E-state index in [1.807, 2.05) is 0 Å². The quantitative estimate of drug-likeness (QED) is 0.666. The van der Waals surface area contributed by atoms with Gasteiger partial charge in [-0.1, -0.05) is 12.1 Å². The number of alkyl halides is 3. The molecule has 132 valence electrons. The summed E-state index contributed by atoms with van der Waals surface area (Å²) in [5, 5.41) is 21.7. The fourth-order valence-electron chi connectivity index (χ4n) is 3.02. The number of benzene rings is 1. The number of carbonyl (C=O) groups is 1. The Morgan fingerprint density at radius 3 is 2.68 bits per heavy atom. The fraction of sp³-hybridized carbons (Fsp3) is 0.294. The van der Waals surface area contributed by atoms with Crippen LogP contribution in [0.1, 0.15) is 34.1 Å². The van der Waals surface area contributed by atoms with E-state index >= 15 is 0 Å². The number of likely N-dealkylation sites (tertiary alicyclic amines) is 1. The molecule has 0 radical (unpaired) electrons. The van der Waals surface area contributed by atoms with Gasteiger partial charge in [0.2, 0.25) is 0 Å². The van der Waals surface area contributed by atoms with Crippen LogP contribution in [0, 0.1) is 5.21 Å². The number of β-amino-alcohol motifs (C(OH)–C–C–N with tert-alkyl or cyclic N) is 1. The van der Waals surface area contributed by atoms with E-state index in [9.17, 15) is 28.3 Å². The van der Waals surface area contributed by atoms with Crippen molar-refractivity contribution in [1.29, 1.82) is 0 Å². The number of aromatic nitrogens is 1. The summed E-state index contributed by atoms with van der Waals surface area (Å²) in [5.41, 5.74) is -0.695. The third kappa shape index (κ3) is 3.43. The maximum atomic E-state index is 12.9. The predicted octanol–water partition coefficient (Wildman–Crippen LogP) is 2.29. The number of amides is 1. The van der Waals surface area contributed by atoms with Crippen LogP contribution < -0.4 is 4.73 Å². The average Bonchev–Trinajstić information content (AvgIpc) is 2.96. The molecule has 1 fully saturated rings. The number of halogens is 3. The zero-order chi connectivity index (χ0) is 18.2. The third-order valence-corrected chi connectivity index (χ3v) is 4.18. The average molecular weight is 352 g/mol. The lowest BCUT2D eigenvalue weighted by Gasteiger charge is -2.24. The molecule has 3 rings (SSSR count). The Hall–Kier alpha value is -2.61. The lowest BCUT2D eigenvalue weighted by atomic mass is 10.0. The molecule has 0 spiro atoms. The van der Waals surface area contributed by atoms with Crippen molar-refractivity contribution in [1.82, 2.24) is 4.90 Å². The molecular weight excluding hydrogens is 337 g/mol. The van der Waals surface area contributed by atoms with Crippen molar-refractivity contribution in [3.8, 4) is 0 Å². The van der Waals surface area contributed by atoms with E-state index in [0.29, 0.717) is 4.73 Å². The SMILES string of the molecule is O=C(c1cccc[n+]1[O-])N1CC(O)CC1c1cccc(C(F)(F)F)c1. The number of hydrogen-bond donors (Lipinski definition) is 1. The molecule has 1 aliphatic heterocycles. The first-order valence-corrected chi connectivity index (χ1v) is 7.62. The zero-order valence-corrected chi connectivity index (χ0v) is 13.0. The van der Waals surface area contributed by atoms with Crippen molar-refractivity contribution < 1.29 is 27.8 Å². The van der Waals surface area contributed by atoms with Crippen molar-refractivity contribution in [2.75, 3.05) is 6.54 Å². The lowest BCUT2D eigenvalue weighted by Crippen LogP contribution is -2.41. The molecule has 5 nitrogen and oxygen atoms in total. The van der Waals surface area contributed by atoms with E-state index in [2.05, 4.69) is 0 Å². The second-order valence-electron chi connectivity index (χ2n) is 5.90. The third-order valence-electron chi connectivity index (χ3n) is 4.18. The second kappa shape index (κ2) is 6.36. The largest absolute Gasteiger partial charge is 0.618 e. The van der Waals surface area contributed by atoms with Gasteiger partial charge in [-0.25, -0.2) is 0 Å². The van der Waals surface area contributed by atoms with Gasteiger partial charge < -0.3 is 15.2 Å². The van der Waals surface area contributed by atoms with Gasteiger partial charge in [0.25, 0.3) is 5.69 Å². The number of carbonyl (C=O) groups excluding carboxylic acids is 1. The molecule has 1 saturated heterocycles. The Balaban J connectivity index is 1.95. The molecule has 2 heterocycles. The van der Waals surface area contributed by atoms with Gasteiger partial charge >= 0.3 is 12.1 Å². The summed E-state index contributed by atoms with van der Waals surface area (Å²) in [4.78, 5) is 13.9. The van der Waals surface area contributed by atoms with Crippen LogP contribution in [-0.2, 0) is 6.18 Å². The van der Waals surface area contributed by atoms with Crippen molar-refractivity contribution in [3.05, 3.63) is 70.7 Å². The van der Waals surface area contributed by atoms with Crippen LogP contribution in [0.4, 0.5) is 13.2 Å². The molecule has 25 heavy (non-hydrogen) atoms. The first-order chi connectivity index (χ1) is 11.8. The summed E-state index contributed by atoms with van der Waals surface area (Å²) in [7, 11) is 0. The van der Waals surface area contributed by atoms with Gasteiger partial charge in [-0.3, -0.25) is 4.79 Å². The molecule has 1 aromatic heterocycles. The minimum atomic E-state index is -4.50. The molecule has 1 aliphatic rings. The van der Waals surface area contributed by atoms with Crippen molar-refractivity contribution >= 4 is 5.91 Å². The maximum Gasteiger partial charge on any atom is 0.416 e. The highest BCUT2D eigenvalue weighted by Gasteiger charge is 2.39. The first-order valence-electron chi connectivity index (χ1n) is 7.62. The summed E-state index contributed by atoms with van der Waals surface area (Å²) >= 11 is 0. The number of aliphatic hydroxyl groups is 1. The van der Waals surface area contributed by atoms with Gasteiger partial charge in [-0.05, 0) is 30.2 Å². The Labute approximate surface area is 141 Å². The second-order valence-corrected chi connectivity index (χ2v) is 5.90. The summed E-state index contributed by atoms with van der Waals surface area (Å²) in [6.45, 7) is -0.0470. The van der Waals surface area contributed by atoms with Crippen LogP contribution in [0.25, 0.3) is 0 Å². The maximum absolute atomic E-state index is 12.9. The molecule has 2 aromatic rings. The van der Waals surface area contributed by atoms with Crippen molar-refractivity contribution in [3.63, 3.8) is 0 Å². The topological polar surface area (TPSA) is 67.5 Å². The molecule has 1 N–H and O–H groups in total. The molecule has 0 bridgehead atoms. The summed E-state index contributed by atoms with van der Waals surface area (Å²) in [6, 6.07) is 8.26. The highest BCUT2D eigenvalue weighted by atomic mass is 19.4. The number of nitrogens with zero attached hydrogens (tertiary/aromatic N) is 2. The highest BCUT2D eigenvalue weighted by molar-refractivity contribution is 5.91. The molecular formula is C17H15F3N2O3. The molecule has 2 unspecified atom stereocenters. The van der Waals surface area contributed by atoms with Crippen LogP contribution in [0.2, 0.25) is 0 Å². The van der Waals surface area contributed by atoms with Crippen LogP contribution in [0.15, 0.2) is 48.7 Å². The molecule has 0 aliphatic carbocycles. The monoisotopic (exact) mass is 352 g/mol.